The predicted molar refractivity (Wildman–Crippen MR) is 197 cm³/mol. The molecule has 52 heavy (non-hydrogen) atoms. The molecule has 292 valence electrons. The maximum absolute atomic E-state index is 14.4. The van der Waals surface area contributed by atoms with Crippen LogP contribution < -0.4 is 11.1 Å². The highest BCUT2D eigenvalue weighted by Gasteiger charge is 2.72. The number of aliphatic hydroxyl groups is 5. The van der Waals surface area contributed by atoms with Crippen LogP contribution in [0.2, 0.25) is 0 Å². The van der Waals surface area contributed by atoms with E-state index in [0.29, 0.717) is 37.5 Å². The molecule has 0 aromatic carbocycles. The van der Waals surface area contributed by atoms with E-state index in [9.17, 15) is 30.3 Å². The summed E-state index contributed by atoms with van der Waals surface area (Å²) < 4.78 is 6.73. The highest BCUT2D eigenvalue weighted by atomic mass is 16.5. The summed E-state index contributed by atoms with van der Waals surface area (Å²) in [6, 6.07) is 0. The molecule has 0 aromatic heterocycles. The Morgan fingerprint density at radius 1 is 1.04 bits per heavy atom. The largest absolute Gasteiger partial charge is 0.390 e. The molecule has 0 amide bonds. The number of hydrogen-bond acceptors (Lipinski definition) is 8. The van der Waals surface area contributed by atoms with E-state index < -0.39 is 58.3 Å². The van der Waals surface area contributed by atoms with Crippen LogP contribution in [0.15, 0.2) is 23.8 Å². The normalized spacial score (nSPS) is 53.3. The lowest BCUT2D eigenvalue weighted by molar-refractivity contribution is -0.703. The van der Waals surface area contributed by atoms with Gasteiger partial charge in [0.05, 0.1) is 42.2 Å². The second-order valence-electron chi connectivity index (χ2n) is 19.9. The van der Waals surface area contributed by atoms with Gasteiger partial charge in [-0.1, -0.05) is 52.2 Å². The van der Waals surface area contributed by atoms with E-state index in [1.54, 1.807) is 13.0 Å². The maximum Gasteiger partial charge on any atom is 0.159 e. The molecule has 6 aliphatic carbocycles. The summed E-state index contributed by atoms with van der Waals surface area (Å²) in [6.07, 6.45) is 14.9. The minimum Gasteiger partial charge on any atom is -0.390 e. The van der Waals surface area contributed by atoms with Gasteiger partial charge in [0.25, 0.3) is 0 Å². The van der Waals surface area contributed by atoms with Crippen LogP contribution in [0.1, 0.15) is 118 Å². The SMILES string of the molecule is CCCC1CCC2OC(C(O)C(C)(O)C3CCC4(O)C5=CC(=O)C6CC(O)C(O)CC67CC(C6CCC(N)[NH2+]C6)C=CC(CC34C)C57)C(C)C2CC1. The van der Waals surface area contributed by atoms with E-state index in [2.05, 4.69) is 38.2 Å². The number of carbonyl (C=O) groups excluding carboxylic acids is 1. The summed E-state index contributed by atoms with van der Waals surface area (Å²) in [5.41, 5.74) is 2.76. The van der Waals surface area contributed by atoms with Crippen LogP contribution in [-0.2, 0) is 9.53 Å². The molecule has 9 nitrogen and oxygen atoms in total. The van der Waals surface area contributed by atoms with Crippen molar-refractivity contribution in [1.29, 1.82) is 0 Å². The first-order valence-electron chi connectivity index (χ1n) is 21.3. The molecule has 4 saturated carbocycles. The zero-order chi connectivity index (χ0) is 37.0. The van der Waals surface area contributed by atoms with Crippen molar-refractivity contribution in [3.8, 4) is 0 Å². The van der Waals surface area contributed by atoms with Crippen molar-refractivity contribution in [2.24, 2.45) is 69.8 Å². The fraction of sp³-hybridized carbons (Fsp3) is 0.884. The van der Waals surface area contributed by atoms with Crippen LogP contribution in [0.5, 0.6) is 0 Å². The molecule has 6 fully saturated rings. The fourth-order valence-corrected chi connectivity index (χ4v) is 14.6. The Morgan fingerprint density at radius 3 is 2.52 bits per heavy atom. The monoisotopic (exact) mass is 726 g/mol. The average molecular weight is 726 g/mol. The second-order valence-corrected chi connectivity index (χ2v) is 19.9. The van der Waals surface area contributed by atoms with E-state index in [1.165, 1.54) is 19.3 Å². The van der Waals surface area contributed by atoms with Gasteiger partial charge in [-0.05, 0) is 130 Å². The van der Waals surface area contributed by atoms with E-state index in [4.69, 9.17) is 10.5 Å². The van der Waals surface area contributed by atoms with Gasteiger partial charge in [0, 0.05) is 23.7 Å². The quantitative estimate of drug-likeness (QED) is 0.205. The van der Waals surface area contributed by atoms with Crippen LogP contribution in [-0.4, -0.2) is 85.7 Å². The molecule has 8 rings (SSSR count). The third kappa shape index (κ3) is 5.63. The number of rotatable bonds is 6. The predicted octanol–water partition coefficient (Wildman–Crippen LogP) is 3.35. The molecule has 2 aliphatic heterocycles. The minimum absolute atomic E-state index is 0.0210. The Morgan fingerprint density at radius 2 is 1.79 bits per heavy atom. The maximum atomic E-state index is 14.4. The Balaban J connectivity index is 1.12. The first-order chi connectivity index (χ1) is 24.6. The Labute approximate surface area is 311 Å². The van der Waals surface area contributed by atoms with Gasteiger partial charge >= 0.3 is 0 Å². The van der Waals surface area contributed by atoms with Crippen molar-refractivity contribution in [2.75, 3.05) is 6.54 Å². The topological polar surface area (TPSA) is 170 Å². The van der Waals surface area contributed by atoms with Gasteiger partial charge < -0.3 is 35.6 Å². The third-order valence-electron chi connectivity index (χ3n) is 17.4. The van der Waals surface area contributed by atoms with E-state index >= 15 is 0 Å². The number of quaternary nitrogens is 1. The highest BCUT2D eigenvalue weighted by Crippen LogP contribution is 2.72. The molecule has 8 aliphatic rings. The molecule has 0 radical (unpaired) electrons. The van der Waals surface area contributed by atoms with Crippen molar-refractivity contribution in [2.45, 2.75) is 165 Å². The molecule has 19 unspecified atom stereocenters. The number of carbonyl (C=O) groups is 1. The van der Waals surface area contributed by atoms with Crippen LogP contribution in [0.3, 0.4) is 0 Å². The molecule has 0 bridgehead atoms. The molecule has 19 atom stereocenters. The number of hydrogen-bond donors (Lipinski definition) is 7. The summed E-state index contributed by atoms with van der Waals surface area (Å²) in [4.78, 5) is 14.4. The molecule has 2 heterocycles. The number of fused-ring (bicyclic) bond motifs is 3. The molecule has 1 spiro atoms. The summed E-state index contributed by atoms with van der Waals surface area (Å²) in [5.74, 6) is 0.755. The Kier molecular flexibility index (Phi) is 9.79. The van der Waals surface area contributed by atoms with Crippen molar-refractivity contribution < 1.29 is 40.4 Å². The van der Waals surface area contributed by atoms with Crippen LogP contribution in [0, 0.1) is 64.1 Å². The van der Waals surface area contributed by atoms with Gasteiger partial charge in [0.2, 0.25) is 0 Å². The van der Waals surface area contributed by atoms with E-state index in [0.717, 1.165) is 56.6 Å². The number of aliphatic hydroxyl groups excluding tert-OH is 3. The van der Waals surface area contributed by atoms with Gasteiger partial charge in [0.1, 0.15) is 12.3 Å². The first kappa shape index (κ1) is 37.7. The van der Waals surface area contributed by atoms with Crippen molar-refractivity contribution >= 4 is 5.78 Å². The van der Waals surface area contributed by atoms with Crippen LogP contribution in [0.25, 0.3) is 0 Å². The van der Waals surface area contributed by atoms with Gasteiger partial charge in [-0.15, -0.1) is 0 Å². The molecular formula is C43H69N2O7+. The zero-order valence-electron chi connectivity index (χ0n) is 32.2. The van der Waals surface area contributed by atoms with Crippen molar-refractivity contribution in [3.05, 3.63) is 23.8 Å². The Bertz CT molecular complexity index is 1430. The number of allylic oxidation sites excluding steroid dienone is 3. The average Bonchev–Trinajstić information content (AvgIpc) is 3.39. The lowest BCUT2D eigenvalue weighted by Gasteiger charge is -2.63. The first-order valence-corrected chi connectivity index (χ1v) is 21.3. The molecule has 0 aromatic rings. The lowest BCUT2D eigenvalue weighted by atomic mass is 9.42. The van der Waals surface area contributed by atoms with E-state index in [-0.39, 0.29) is 48.1 Å². The molecular weight excluding hydrogens is 656 g/mol. The second kappa shape index (κ2) is 13.5. The van der Waals surface area contributed by atoms with Crippen molar-refractivity contribution in [1.82, 2.24) is 0 Å². The summed E-state index contributed by atoms with van der Waals surface area (Å²) in [5, 5.41) is 62.6. The molecule has 2 saturated heterocycles. The smallest absolute Gasteiger partial charge is 0.159 e. The number of ether oxygens (including phenoxy) is 1. The van der Waals surface area contributed by atoms with Gasteiger partial charge in [0.15, 0.2) is 5.78 Å². The summed E-state index contributed by atoms with van der Waals surface area (Å²) in [7, 11) is 0. The van der Waals surface area contributed by atoms with Gasteiger partial charge in [-0.25, -0.2) is 0 Å². The molecule has 9 heteroatoms. The zero-order valence-corrected chi connectivity index (χ0v) is 32.2. The standard InChI is InChI=1S/C43H68N2O7/c1-5-6-24-7-12-28-23(2)38(52-34(28)13-8-24)39(49)41(4,50)35-15-16-43(51)30-18-31(46)29-17-32(47)33(48)21-42(29)20-25(27-11-14-36(44)45-22-27)9-10-26(37(30)42)19-40(35,43)3/h9-10,18,23-29,32-39,45,47-51H,5-8,11-17,19-22,44H2,1-4H3/p+1. The molecule has 9 N–H and O–H groups in total. The van der Waals surface area contributed by atoms with Gasteiger partial charge in [-0.3, -0.25) is 10.5 Å². The Hall–Kier alpha value is -1.17. The number of piperidine rings is 1. The third-order valence-corrected chi connectivity index (χ3v) is 17.4. The minimum atomic E-state index is -1.53. The fourth-order valence-electron chi connectivity index (χ4n) is 14.6. The summed E-state index contributed by atoms with van der Waals surface area (Å²) in [6.45, 7) is 9.24. The summed E-state index contributed by atoms with van der Waals surface area (Å²) >= 11 is 0. The number of nitrogens with two attached hydrogens (primary N) is 2. The highest BCUT2D eigenvalue weighted by molar-refractivity contribution is 5.95. The lowest BCUT2D eigenvalue weighted by Crippen LogP contribution is -2.95. The van der Waals surface area contributed by atoms with Crippen molar-refractivity contribution in [3.63, 3.8) is 0 Å². The van der Waals surface area contributed by atoms with E-state index in [1.807, 2.05) is 0 Å². The van der Waals surface area contributed by atoms with Crippen LogP contribution in [0.4, 0.5) is 0 Å². The van der Waals surface area contributed by atoms with Crippen LogP contribution >= 0.6 is 0 Å². The van der Waals surface area contributed by atoms with Gasteiger partial charge in [-0.2, -0.15) is 0 Å². The number of ketones is 1.